The normalized spacial score (nSPS) is 20.8. The van der Waals surface area contributed by atoms with Gasteiger partial charge >= 0.3 is 5.97 Å². The molecule has 4 heteroatoms. The average molecular weight is 186 g/mol. The SMILES string of the molecule is CCOC(=O)C1=CCC(OCC)O1. The van der Waals surface area contributed by atoms with Crippen molar-refractivity contribution in [2.24, 2.45) is 0 Å². The van der Waals surface area contributed by atoms with E-state index in [0.29, 0.717) is 19.6 Å². The van der Waals surface area contributed by atoms with E-state index in [2.05, 4.69) is 0 Å². The second kappa shape index (κ2) is 4.87. The Morgan fingerprint density at radius 2 is 2.38 bits per heavy atom. The molecule has 0 bridgehead atoms. The van der Waals surface area contributed by atoms with Gasteiger partial charge in [-0.15, -0.1) is 0 Å². The van der Waals surface area contributed by atoms with Crippen molar-refractivity contribution < 1.29 is 19.0 Å². The molecule has 1 aliphatic heterocycles. The van der Waals surface area contributed by atoms with Crippen LogP contribution in [0.2, 0.25) is 0 Å². The maximum atomic E-state index is 11.1. The first kappa shape index (κ1) is 10.1. The van der Waals surface area contributed by atoms with Crippen LogP contribution >= 0.6 is 0 Å². The second-order valence-electron chi connectivity index (χ2n) is 2.53. The fourth-order valence-electron chi connectivity index (χ4n) is 1.06. The molecule has 1 aliphatic rings. The van der Waals surface area contributed by atoms with E-state index in [1.165, 1.54) is 0 Å². The molecule has 0 amide bonds. The Morgan fingerprint density at radius 1 is 1.62 bits per heavy atom. The molecule has 0 aromatic carbocycles. The van der Waals surface area contributed by atoms with Gasteiger partial charge in [0.05, 0.1) is 6.61 Å². The smallest absolute Gasteiger partial charge is 0.373 e. The van der Waals surface area contributed by atoms with Crippen molar-refractivity contribution in [3.05, 3.63) is 11.8 Å². The largest absolute Gasteiger partial charge is 0.460 e. The fourth-order valence-corrected chi connectivity index (χ4v) is 1.06. The molecule has 0 saturated carbocycles. The molecule has 0 radical (unpaired) electrons. The molecule has 0 aliphatic carbocycles. The topological polar surface area (TPSA) is 44.8 Å². The quantitative estimate of drug-likeness (QED) is 0.619. The molecule has 1 atom stereocenters. The number of esters is 1. The van der Waals surface area contributed by atoms with Gasteiger partial charge in [0.1, 0.15) is 0 Å². The van der Waals surface area contributed by atoms with E-state index in [0.717, 1.165) is 0 Å². The van der Waals surface area contributed by atoms with Gasteiger partial charge in [-0.25, -0.2) is 4.79 Å². The molecule has 1 rings (SSSR count). The van der Waals surface area contributed by atoms with Crippen LogP contribution in [0.1, 0.15) is 20.3 Å². The van der Waals surface area contributed by atoms with E-state index >= 15 is 0 Å². The molecule has 0 aromatic rings. The zero-order valence-electron chi connectivity index (χ0n) is 7.91. The molecule has 1 heterocycles. The number of rotatable bonds is 4. The summed E-state index contributed by atoms with van der Waals surface area (Å²) in [6, 6.07) is 0. The van der Waals surface area contributed by atoms with Crippen LogP contribution in [-0.4, -0.2) is 25.5 Å². The highest BCUT2D eigenvalue weighted by Crippen LogP contribution is 2.18. The first-order valence-corrected chi connectivity index (χ1v) is 4.43. The number of carbonyl (C=O) groups is 1. The highest BCUT2D eigenvalue weighted by Gasteiger charge is 2.23. The van der Waals surface area contributed by atoms with E-state index in [1.807, 2.05) is 6.92 Å². The number of hydrogen-bond acceptors (Lipinski definition) is 4. The summed E-state index contributed by atoms with van der Waals surface area (Å²) in [6.45, 7) is 4.58. The Hall–Kier alpha value is -1.03. The minimum absolute atomic E-state index is 0.264. The standard InChI is InChI=1S/C9H14O4/c1-3-11-8-6-5-7(13-8)9(10)12-4-2/h5,8H,3-4,6H2,1-2H3. The summed E-state index contributed by atoms with van der Waals surface area (Å²) >= 11 is 0. The lowest BCUT2D eigenvalue weighted by Gasteiger charge is -2.11. The Balaban J connectivity index is 2.34. The Bertz CT molecular complexity index is 210. The van der Waals surface area contributed by atoms with Crippen molar-refractivity contribution in [2.75, 3.05) is 13.2 Å². The van der Waals surface area contributed by atoms with Gasteiger partial charge in [-0.05, 0) is 19.9 Å². The lowest BCUT2D eigenvalue weighted by atomic mass is 10.4. The molecular weight excluding hydrogens is 172 g/mol. The van der Waals surface area contributed by atoms with E-state index in [9.17, 15) is 4.79 Å². The summed E-state index contributed by atoms with van der Waals surface area (Å²) in [5, 5.41) is 0. The van der Waals surface area contributed by atoms with Crippen molar-refractivity contribution in [3.63, 3.8) is 0 Å². The van der Waals surface area contributed by atoms with Gasteiger partial charge < -0.3 is 14.2 Å². The van der Waals surface area contributed by atoms with Crippen LogP contribution in [0.3, 0.4) is 0 Å². The summed E-state index contributed by atoms with van der Waals surface area (Å²) in [6.07, 6.45) is 1.99. The zero-order chi connectivity index (χ0) is 9.68. The predicted octanol–water partition coefficient (Wildman–Crippen LogP) is 1.22. The minimum Gasteiger partial charge on any atom is -0.460 e. The van der Waals surface area contributed by atoms with Crippen molar-refractivity contribution in [1.29, 1.82) is 0 Å². The van der Waals surface area contributed by atoms with Gasteiger partial charge in [-0.2, -0.15) is 0 Å². The van der Waals surface area contributed by atoms with Crippen molar-refractivity contribution >= 4 is 5.97 Å². The lowest BCUT2D eigenvalue weighted by molar-refractivity contribution is -0.150. The number of carbonyl (C=O) groups excluding carboxylic acids is 1. The van der Waals surface area contributed by atoms with Crippen LogP contribution in [0, 0.1) is 0 Å². The van der Waals surface area contributed by atoms with E-state index < -0.39 is 5.97 Å². The third kappa shape index (κ3) is 2.73. The first-order valence-electron chi connectivity index (χ1n) is 4.43. The van der Waals surface area contributed by atoms with E-state index in [1.54, 1.807) is 13.0 Å². The monoisotopic (exact) mass is 186 g/mol. The van der Waals surface area contributed by atoms with Crippen LogP contribution in [0.15, 0.2) is 11.8 Å². The number of hydrogen-bond donors (Lipinski definition) is 0. The maximum Gasteiger partial charge on any atom is 0.373 e. The molecule has 0 fully saturated rings. The summed E-state index contributed by atoms with van der Waals surface area (Å²) in [4.78, 5) is 11.1. The molecule has 0 spiro atoms. The first-order chi connectivity index (χ1) is 6.27. The van der Waals surface area contributed by atoms with E-state index in [4.69, 9.17) is 14.2 Å². The van der Waals surface area contributed by atoms with Gasteiger partial charge in [0.15, 0.2) is 0 Å². The molecule has 1 unspecified atom stereocenters. The van der Waals surface area contributed by atoms with Crippen LogP contribution in [0.5, 0.6) is 0 Å². The Morgan fingerprint density at radius 3 is 3.00 bits per heavy atom. The highest BCUT2D eigenvalue weighted by molar-refractivity contribution is 5.86. The fraction of sp³-hybridized carbons (Fsp3) is 0.667. The summed E-state index contributed by atoms with van der Waals surface area (Å²) in [5.41, 5.74) is 0. The van der Waals surface area contributed by atoms with Crippen molar-refractivity contribution in [2.45, 2.75) is 26.6 Å². The molecule has 0 saturated heterocycles. The zero-order valence-corrected chi connectivity index (χ0v) is 7.91. The van der Waals surface area contributed by atoms with Crippen molar-refractivity contribution in [3.8, 4) is 0 Å². The maximum absolute atomic E-state index is 11.1. The molecule has 74 valence electrons. The number of ether oxygens (including phenoxy) is 3. The van der Waals surface area contributed by atoms with Gasteiger partial charge in [0.2, 0.25) is 12.0 Å². The van der Waals surface area contributed by atoms with Gasteiger partial charge in [-0.3, -0.25) is 0 Å². The molecule has 0 aromatic heterocycles. The van der Waals surface area contributed by atoms with Crippen LogP contribution < -0.4 is 0 Å². The Labute approximate surface area is 77.5 Å². The summed E-state index contributed by atoms with van der Waals surface area (Å²) in [7, 11) is 0. The summed E-state index contributed by atoms with van der Waals surface area (Å²) in [5.74, 6) is -0.148. The van der Waals surface area contributed by atoms with Crippen LogP contribution in [0.4, 0.5) is 0 Å². The van der Waals surface area contributed by atoms with Gasteiger partial charge in [-0.1, -0.05) is 0 Å². The van der Waals surface area contributed by atoms with Gasteiger partial charge in [0, 0.05) is 13.0 Å². The summed E-state index contributed by atoms with van der Waals surface area (Å²) < 4.78 is 15.1. The minimum atomic E-state index is -0.412. The average Bonchev–Trinajstić information content (AvgIpc) is 2.54. The lowest BCUT2D eigenvalue weighted by Crippen LogP contribution is -2.15. The molecule has 13 heavy (non-hydrogen) atoms. The predicted molar refractivity (Wildman–Crippen MR) is 45.8 cm³/mol. The molecular formula is C9H14O4. The molecule has 4 nitrogen and oxygen atoms in total. The molecule has 0 N–H and O–H groups in total. The highest BCUT2D eigenvalue weighted by atomic mass is 16.7. The Kier molecular flexibility index (Phi) is 3.76. The third-order valence-electron chi connectivity index (χ3n) is 1.58. The van der Waals surface area contributed by atoms with Crippen LogP contribution in [0.25, 0.3) is 0 Å². The van der Waals surface area contributed by atoms with Crippen LogP contribution in [-0.2, 0) is 19.0 Å². The third-order valence-corrected chi connectivity index (χ3v) is 1.58. The second-order valence-corrected chi connectivity index (χ2v) is 2.53. The van der Waals surface area contributed by atoms with E-state index in [-0.39, 0.29) is 12.0 Å². The van der Waals surface area contributed by atoms with Crippen molar-refractivity contribution in [1.82, 2.24) is 0 Å². The van der Waals surface area contributed by atoms with Gasteiger partial charge in [0.25, 0.3) is 0 Å².